The van der Waals surface area contributed by atoms with Crippen molar-refractivity contribution in [3.8, 4) is 0 Å². The lowest BCUT2D eigenvalue weighted by atomic mass is 10.1. The molecule has 0 fully saturated rings. The zero-order chi connectivity index (χ0) is 18.8. The molecule has 134 valence electrons. The van der Waals surface area contributed by atoms with Crippen LogP contribution in [0.2, 0.25) is 0 Å². The third-order valence-corrected chi connectivity index (χ3v) is 5.77. The van der Waals surface area contributed by atoms with Gasteiger partial charge in [0.15, 0.2) is 4.90 Å². The predicted molar refractivity (Wildman–Crippen MR) is 86.4 cm³/mol. The van der Waals surface area contributed by atoms with Crippen LogP contribution in [0, 0.1) is 10.1 Å². The molecule has 1 aromatic carbocycles. The highest BCUT2D eigenvalue weighted by molar-refractivity contribution is 7.89. The fourth-order valence-electron chi connectivity index (χ4n) is 2.40. The molecular formula is C14H13ClN2O7S. The molecule has 1 aliphatic heterocycles. The molecule has 0 aromatic heterocycles. The van der Waals surface area contributed by atoms with Gasteiger partial charge in [-0.2, -0.15) is 4.31 Å². The van der Waals surface area contributed by atoms with Crippen LogP contribution >= 0.6 is 11.6 Å². The maximum atomic E-state index is 12.9. The maximum absolute atomic E-state index is 12.9. The summed E-state index contributed by atoms with van der Waals surface area (Å²) in [6, 6.07) is 3.44. The lowest BCUT2D eigenvalue weighted by Crippen LogP contribution is -2.47. The minimum atomic E-state index is -4.47. The van der Waals surface area contributed by atoms with Crippen LogP contribution in [0.25, 0.3) is 0 Å². The van der Waals surface area contributed by atoms with Crippen LogP contribution in [0.3, 0.4) is 0 Å². The van der Waals surface area contributed by atoms with Crippen molar-refractivity contribution in [3.05, 3.63) is 46.0 Å². The third-order valence-electron chi connectivity index (χ3n) is 3.62. The molecular weight excluding hydrogens is 376 g/mol. The molecule has 0 saturated heterocycles. The van der Waals surface area contributed by atoms with Gasteiger partial charge in [0, 0.05) is 18.2 Å². The lowest BCUT2D eigenvalue weighted by Gasteiger charge is -2.31. The number of carbonyl (C=O) groups is 2. The number of halogens is 1. The quantitative estimate of drug-likeness (QED) is 0.321. The molecule has 0 aliphatic carbocycles. The second kappa shape index (κ2) is 7.30. The minimum absolute atomic E-state index is 0.0128. The van der Waals surface area contributed by atoms with Crippen molar-refractivity contribution < 1.29 is 27.7 Å². The number of nitrogens with zero attached hydrogens (tertiary/aromatic N) is 2. The highest BCUT2D eigenvalue weighted by Gasteiger charge is 2.41. The Morgan fingerprint density at radius 1 is 1.36 bits per heavy atom. The number of sulfonamides is 1. The van der Waals surface area contributed by atoms with E-state index < -0.39 is 49.3 Å². The number of rotatable bonds is 5. The third kappa shape index (κ3) is 3.70. The van der Waals surface area contributed by atoms with Crippen molar-refractivity contribution in [1.82, 2.24) is 4.31 Å². The van der Waals surface area contributed by atoms with Gasteiger partial charge in [-0.05, 0) is 24.1 Å². The van der Waals surface area contributed by atoms with Gasteiger partial charge in [0.2, 0.25) is 5.24 Å². The van der Waals surface area contributed by atoms with Crippen molar-refractivity contribution >= 4 is 38.5 Å². The van der Waals surface area contributed by atoms with Crippen LogP contribution in [0.4, 0.5) is 5.69 Å². The largest absolute Gasteiger partial charge is 0.466 e. The topological polar surface area (TPSA) is 124 Å². The molecule has 25 heavy (non-hydrogen) atoms. The molecule has 0 spiro atoms. The number of hydrogen-bond acceptors (Lipinski definition) is 7. The van der Waals surface area contributed by atoms with E-state index in [1.807, 2.05) is 0 Å². The normalized spacial score (nSPS) is 18.3. The van der Waals surface area contributed by atoms with Gasteiger partial charge in [0.05, 0.1) is 12.0 Å². The van der Waals surface area contributed by atoms with Crippen molar-refractivity contribution in [3.63, 3.8) is 0 Å². The number of hydrogen-bond donors (Lipinski definition) is 0. The summed E-state index contributed by atoms with van der Waals surface area (Å²) in [5, 5.41) is 10.2. The molecule has 2 rings (SSSR count). The molecule has 1 atom stereocenters. The lowest BCUT2D eigenvalue weighted by molar-refractivity contribution is -0.387. The molecule has 0 amide bonds. The summed E-state index contributed by atoms with van der Waals surface area (Å²) in [5.41, 5.74) is -0.628. The predicted octanol–water partition coefficient (Wildman–Crippen LogP) is 1.22. The number of methoxy groups -OCH3 is 1. The number of ether oxygens (including phenoxy) is 1. The monoisotopic (exact) mass is 388 g/mol. The van der Waals surface area contributed by atoms with E-state index in [1.54, 1.807) is 0 Å². The van der Waals surface area contributed by atoms with E-state index in [0.29, 0.717) is 4.31 Å². The molecule has 1 aliphatic rings. The summed E-state index contributed by atoms with van der Waals surface area (Å²) >= 11 is 5.48. The second-order valence-corrected chi connectivity index (χ2v) is 7.28. The van der Waals surface area contributed by atoms with Crippen molar-refractivity contribution in [1.29, 1.82) is 0 Å². The molecule has 0 bridgehead atoms. The number of nitro groups is 1. The first-order chi connectivity index (χ1) is 11.7. The van der Waals surface area contributed by atoms with Crippen LogP contribution < -0.4 is 0 Å². The molecule has 0 radical (unpaired) electrons. The van der Waals surface area contributed by atoms with Gasteiger partial charge in [-0.15, -0.1) is 0 Å². The van der Waals surface area contributed by atoms with Gasteiger partial charge in [0.1, 0.15) is 6.04 Å². The van der Waals surface area contributed by atoms with E-state index in [2.05, 4.69) is 4.74 Å². The first kappa shape index (κ1) is 19.0. The van der Waals surface area contributed by atoms with Gasteiger partial charge in [-0.1, -0.05) is 18.2 Å². The summed E-state index contributed by atoms with van der Waals surface area (Å²) in [6.45, 7) is -0.482. The molecule has 0 saturated carbocycles. The Kier molecular flexibility index (Phi) is 5.55. The van der Waals surface area contributed by atoms with E-state index in [9.17, 15) is 28.1 Å². The van der Waals surface area contributed by atoms with Crippen molar-refractivity contribution in [2.75, 3.05) is 13.7 Å². The number of para-hydroxylation sites is 1. The fourth-order valence-corrected chi connectivity index (χ4v) is 4.40. The average molecular weight is 389 g/mol. The number of benzene rings is 1. The number of carbonyl (C=O) groups excluding carboxylic acids is 2. The summed E-state index contributed by atoms with van der Waals surface area (Å²) in [7, 11) is -3.34. The van der Waals surface area contributed by atoms with E-state index in [0.717, 1.165) is 19.2 Å². The molecule has 0 N–H and O–H groups in total. The Hall–Kier alpha value is -2.30. The van der Waals surface area contributed by atoms with Crippen LogP contribution in [0.15, 0.2) is 40.8 Å². The highest BCUT2D eigenvalue weighted by atomic mass is 35.5. The molecule has 1 aromatic rings. The van der Waals surface area contributed by atoms with E-state index in [1.165, 1.54) is 18.2 Å². The van der Waals surface area contributed by atoms with Crippen LogP contribution in [-0.2, 0) is 24.3 Å². The molecule has 9 nitrogen and oxygen atoms in total. The number of esters is 1. The van der Waals surface area contributed by atoms with Gasteiger partial charge in [-0.3, -0.25) is 14.9 Å². The summed E-state index contributed by atoms with van der Waals surface area (Å²) in [6.07, 6.45) is 1.22. The molecule has 0 unspecified atom stereocenters. The van der Waals surface area contributed by atoms with Gasteiger partial charge >= 0.3 is 5.97 Å². The Balaban J connectivity index is 2.56. The summed E-state index contributed by atoms with van der Waals surface area (Å²) in [4.78, 5) is 33.0. The summed E-state index contributed by atoms with van der Waals surface area (Å²) < 4.78 is 31.1. The molecule has 11 heteroatoms. The highest BCUT2D eigenvalue weighted by Crippen LogP contribution is 2.31. The molecule has 1 heterocycles. The Morgan fingerprint density at radius 3 is 2.56 bits per heavy atom. The Labute approximate surface area is 148 Å². The standard InChI is InChI=1S/C14H13ClN2O7S/c1-24-14(19)9-6-7-11(13(15)18)16(8-9)25(22,23)12-5-3-2-4-10(12)17(20)21/h2-6,11H,7-8H2,1H3/t11-/m0/s1. The van der Waals surface area contributed by atoms with E-state index >= 15 is 0 Å². The average Bonchev–Trinajstić information content (AvgIpc) is 2.60. The maximum Gasteiger partial charge on any atom is 0.334 e. The van der Waals surface area contributed by atoms with Crippen LogP contribution in [0.1, 0.15) is 6.42 Å². The summed E-state index contributed by atoms with van der Waals surface area (Å²) in [5.74, 6) is -0.761. The fraction of sp³-hybridized carbons (Fsp3) is 0.286. The van der Waals surface area contributed by atoms with E-state index in [4.69, 9.17) is 11.6 Å². The van der Waals surface area contributed by atoms with Gasteiger partial charge in [-0.25, -0.2) is 13.2 Å². The van der Waals surface area contributed by atoms with Gasteiger partial charge in [0.25, 0.3) is 15.7 Å². The zero-order valence-electron chi connectivity index (χ0n) is 12.9. The minimum Gasteiger partial charge on any atom is -0.466 e. The first-order valence-corrected chi connectivity index (χ1v) is 8.74. The van der Waals surface area contributed by atoms with Crippen molar-refractivity contribution in [2.45, 2.75) is 17.4 Å². The van der Waals surface area contributed by atoms with E-state index in [-0.39, 0.29) is 12.0 Å². The smallest absolute Gasteiger partial charge is 0.334 e. The number of nitro benzene ring substituents is 1. The second-order valence-electron chi connectivity index (χ2n) is 5.05. The van der Waals surface area contributed by atoms with Gasteiger partial charge < -0.3 is 4.74 Å². The van der Waals surface area contributed by atoms with Crippen LogP contribution in [0.5, 0.6) is 0 Å². The van der Waals surface area contributed by atoms with Crippen LogP contribution in [-0.4, -0.2) is 48.6 Å². The SMILES string of the molecule is COC(=O)C1=CC[C@@H](C(=O)Cl)N(S(=O)(=O)c2ccccc2[N+](=O)[O-])C1. The van der Waals surface area contributed by atoms with Crippen molar-refractivity contribution in [2.24, 2.45) is 0 Å². The first-order valence-electron chi connectivity index (χ1n) is 6.92. The zero-order valence-corrected chi connectivity index (χ0v) is 14.5. The Morgan fingerprint density at radius 2 is 2.00 bits per heavy atom. The Bertz CT molecular complexity index is 866.